The van der Waals surface area contributed by atoms with Crippen molar-refractivity contribution in [1.29, 1.82) is 0 Å². The lowest BCUT2D eigenvalue weighted by Crippen LogP contribution is -2.28. The molecule has 2 aromatic rings. The molecule has 1 unspecified atom stereocenters. The Morgan fingerprint density at radius 3 is 2.77 bits per heavy atom. The zero-order chi connectivity index (χ0) is 18.1. The molecule has 1 saturated heterocycles. The first kappa shape index (κ1) is 16.8. The van der Waals surface area contributed by atoms with Gasteiger partial charge in [0.2, 0.25) is 11.8 Å². The molecular formula is C18H17ClN2O5. The van der Waals surface area contributed by atoms with Gasteiger partial charge in [-0.1, -0.05) is 11.6 Å². The molecule has 1 N–H and O–H groups in total. The maximum Gasteiger partial charge on any atom is 0.229 e. The first-order valence-electron chi connectivity index (χ1n) is 8.30. The average molecular weight is 377 g/mol. The van der Waals surface area contributed by atoms with Gasteiger partial charge in [-0.25, -0.2) is 0 Å². The van der Waals surface area contributed by atoms with E-state index >= 15 is 0 Å². The third-order valence-corrected chi connectivity index (χ3v) is 4.71. The van der Waals surface area contributed by atoms with E-state index in [4.69, 9.17) is 25.5 Å². The van der Waals surface area contributed by atoms with Crippen molar-refractivity contribution >= 4 is 29.1 Å². The molecule has 0 saturated carbocycles. The molecule has 2 amide bonds. The molecule has 0 bridgehead atoms. The molecule has 0 spiro atoms. The zero-order valence-electron chi connectivity index (χ0n) is 13.9. The first-order valence-corrected chi connectivity index (χ1v) is 8.68. The van der Waals surface area contributed by atoms with Crippen LogP contribution < -0.4 is 14.8 Å². The van der Waals surface area contributed by atoms with E-state index in [0.29, 0.717) is 54.3 Å². The van der Waals surface area contributed by atoms with Crippen LogP contribution in [0.15, 0.2) is 34.9 Å². The summed E-state index contributed by atoms with van der Waals surface area (Å²) < 4.78 is 16.2. The Hall–Kier alpha value is -2.67. The van der Waals surface area contributed by atoms with E-state index in [0.717, 1.165) is 0 Å². The molecule has 3 heterocycles. The highest BCUT2D eigenvalue weighted by Gasteiger charge is 2.35. The lowest BCUT2D eigenvalue weighted by atomic mass is 10.1. The van der Waals surface area contributed by atoms with Gasteiger partial charge in [0.1, 0.15) is 19.0 Å². The number of carbonyl (C=O) groups is 2. The van der Waals surface area contributed by atoms with Gasteiger partial charge >= 0.3 is 0 Å². The summed E-state index contributed by atoms with van der Waals surface area (Å²) in [6.07, 6.45) is 1.72. The van der Waals surface area contributed by atoms with Crippen molar-refractivity contribution in [2.75, 3.05) is 25.1 Å². The number of carbonyl (C=O) groups excluding carboxylic acids is 2. The van der Waals surface area contributed by atoms with Gasteiger partial charge in [-0.3, -0.25) is 9.59 Å². The Bertz CT molecular complexity index is 836. The third kappa shape index (κ3) is 3.35. The molecule has 8 heteroatoms. The van der Waals surface area contributed by atoms with Crippen molar-refractivity contribution in [3.05, 3.63) is 41.3 Å². The summed E-state index contributed by atoms with van der Waals surface area (Å²) >= 11 is 6.22. The number of hydrogen-bond acceptors (Lipinski definition) is 5. The van der Waals surface area contributed by atoms with Crippen LogP contribution in [0.3, 0.4) is 0 Å². The second-order valence-electron chi connectivity index (χ2n) is 6.22. The summed E-state index contributed by atoms with van der Waals surface area (Å²) in [4.78, 5) is 26.4. The van der Waals surface area contributed by atoms with Gasteiger partial charge in [0.05, 0.1) is 29.4 Å². The predicted molar refractivity (Wildman–Crippen MR) is 93.3 cm³/mol. The van der Waals surface area contributed by atoms with Gasteiger partial charge in [0.25, 0.3) is 0 Å². The maximum absolute atomic E-state index is 12.6. The number of halogens is 1. The summed E-state index contributed by atoms with van der Waals surface area (Å²) in [5.74, 6) is 1.02. The number of fused-ring (bicyclic) bond motifs is 1. The van der Waals surface area contributed by atoms with E-state index < -0.39 is 5.92 Å². The zero-order valence-corrected chi connectivity index (χ0v) is 14.6. The van der Waals surface area contributed by atoms with Crippen molar-refractivity contribution < 1.29 is 23.5 Å². The largest absolute Gasteiger partial charge is 0.486 e. The molecule has 2 aliphatic heterocycles. The van der Waals surface area contributed by atoms with E-state index in [1.165, 1.54) is 0 Å². The van der Waals surface area contributed by atoms with E-state index in [-0.39, 0.29) is 18.2 Å². The van der Waals surface area contributed by atoms with Gasteiger partial charge in [0.15, 0.2) is 11.5 Å². The summed E-state index contributed by atoms with van der Waals surface area (Å²) in [5, 5.41) is 3.15. The summed E-state index contributed by atoms with van der Waals surface area (Å²) in [6, 6.07) is 6.83. The Morgan fingerprint density at radius 1 is 1.27 bits per heavy atom. The second-order valence-corrected chi connectivity index (χ2v) is 6.63. The topological polar surface area (TPSA) is 81.0 Å². The smallest absolute Gasteiger partial charge is 0.229 e. The summed E-state index contributed by atoms with van der Waals surface area (Å²) in [5.41, 5.74) is 0.442. The second kappa shape index (κ2) is 6.92. The van der Waals surface area contributed by atoms with E-state index in [9.17, 15) is 9.59 Å². The minimum atomic E-state index is -0.443. The van der Waals surface area contributed by atoms with Crippen LogP contribution in [0, 0.1) is 5.92 Å². The molecule has 1 aromatic heterocycles. The van der Waals surface area contributed by atoms with Crippen molar-refractivity contribution in [1.82, 2.24) is 4.90 Å². The highest BCUT2D eigenvalue weighted by Crippen LogP contribution is 2.38. The fourth-order valence-electron chi connectivity index (χ4n) is 3.09. The van der Waals surface area contributed by atoms with Crippen LogP contribution in [0.5, 0.6) is 11.5 Å². The molecule has 2 aliphatic rings. The normalized spacial score (nSPS) is 18.9. The lowest BCUT2D eigenvalue weighted by molar-refractivity contribution is -0.128. The van der Waals surface area contributed by atoms with Gasteiger partial charge in [-0.15, -0.1) is 0 Å². The van der Waals surface area contributed by atoms with E-state index in [1.54, 1.807) is 35.4 Å². The Labute approximate surface area is 154 Å². The molecule has 4 rings (SSSR count). The third-order valence-electron chi connectivity index (χ3n) is 4.40. The average Bonchev–Trinajstić information content (AvgIpc) is 3.26. The number of ether oxygens (including phenoxy) is 2. The van der Waals surface area contributed by atoms with Crippen LogP contribution >= 0.6 is 11.6 Å². The molecule has 1 fully saturated rings. The number of furan rings is 1. The number of rotatable bonds is 4. The van der Waals surface area contributed by atoms with Gasteiger partial charge in [-0.05, 0) is 12.1 Å². The number of likely N-dealkylation sites (tertiary alicyclic amines) is 1. The number of nitrogens with one attached hydrogen (secondary N) is 1. The lowest BCUT2D eigenvalue weighted by Gasteiger charge is -2.20. The Balaban J connectivity index is 1.43. The van der Waals surface area contributed by atoms with Crippen LogP contribution in [0.25, 0.3) is 0 Å². The highest BCUT2D eigenvalue weighted by molar-refractivity contribution is 6.34. The molecule has 136 valence electrons. The van der Waals surface area contributed by atoms with Crippen LogP contribution in [-0.4, -0.2) is 36.5 Å². The number of anilines is 1. The van der Waals surface area contributed by atoms with Crippen LogP contribution in [0.2, 0.25) is 5.02 Å². The SMILES string of the molecule is O=C(Nc1cc2c(cc1Cl)OCCO2)C1CC(=O)N(Cc2ccco2)C1. The Morgan fingerprint density at radius 2 is 2.04 bits per heavy atom. The highest BCUT2D eigenvalue weighted by atomic mass is 35.5. The fourth-order valence-corrected chi connectivity index (χ4v) is 3.29. The van der Waals surface area contributed by atoms with E-state index in [2.05, 4.69) is 5.32 Å². The van der Waals surface area contributed by atoms with Crippen molar-refractivity contribution in [2.24, 2.45) is 5.92 Å². The van der Waals surface area contributed by atoms with E-state index in [1.807, 2.05) is 0 Å². The predicted octanol–water partition coefficient (Wildman–Crippen LogP) is 2.69. The standard InChI is InChI=1S/C18H17ClN2O5/c19-13-7-15-16(26-5-4-25-15)8-14(13)20-18(23)11-6-17(22)21(9-11)10-12-2-1-3-24-12/h1-3,7-8,11H,4-6,9-10H2,(H,20,23). The summed E-state index contributed by atoms with van der Waals surface area (Å²) in [7, 11) is 0. The number of benzene rings is 1. The fraction of sp³-hybridized carbons (Fsp3) is 0.333. The molecular weight excluding hydrogens is 360 g/mol. The molecule has 26 heavy (non-hydrogen) atoms. The quantitative estimate of drug-likeness (QED) is 0.887. The van der Waals surface area contributed by atoms with Crippen LogP contribution in [0.1, 0.15) is 12.2 Å². The molecule has 0 aliphatic carbocycles. The molecule has 7 nitrogen and oxygen atoms in total. The molecule has 1 aromatic carbocycles. The Kier molecular flexibility index (Phi) is 4.46. The molecule has 0 radical (unpaired) electrons. The minimum Gasteiger partial charge on any atom is -0.486 e. The monoisotopic (exact) mass is 376 g/mol. The van der Waals surface area contributed by atoms with Gasteiger partial charge in [-0.2, -0.15) is 0 Å². The van der Waals surface area contributed by atoms with Gasteiger partial charge in [0, 0.05) is 25.1 Å². The van der Waals surface area contributed by atoms with Crippen LogP contribution in [-0.2, 0) is 16.1 Å². The van der Waals surface area contributed by atoms with Crippen molar-refractivity contribution in [3.8, 4) is 11.5 Å². The minimum absolute atomic E-state index is 0.0742. The number of nitrogens with zero attached hydrogens (tertiary/aromatic N) is 1. The number of hydrogen-bond donors (Lipinski definition) is 1. The number of amides is 2. The maximum atomic E-state index is 12.6. The van der Waals surface area contributed by atoms with Crippen molar-refractivity contribution in [2.45, 2.75) is 13.0 Å². The van der Waals surface area contributed by atoms with Gasteiger partial charge < -0.3 is 24.1 Å². The summed E-state index contributed by atoms with van der Waals surface area (Å²) in [6.45, 7) is 1.61. The van der Waals surface area contributed by atoms with Crippen LogP contribution in [0.4, 0.5) is 5.69 Å². The molecule has 1 atom stereocenters. The first-order chi connectivity index (χ1) is 12.6. The van der Waals surface area contributed by atoms with Crippen molar-refractivity contribution in [3.63, 3.8) is 0 Å².